The molecule has 0 fully saturated rings. The van der Waals surface area contributed by atoms with Gasteiger partial charge in [0.05, 0.1) is 10.9 Å². The van der Waals surface area contributed by atoms with Crippen molar-refractivity contribution in [1.82, 2.24) is 0 Å². The maximum absolute atomic E-state index is 12.6. The fourth-order valence-corrected chi connectivity index (χ4v) is 7.62. The lowest BCUT2D eigenvalue weighted by atomic mass is 10.1. The van der Waals surface area contributed by atoms with E-state index in [0.29, 0.717) is 17.2 Å². The Hall–Kier alpha value is -4.18. The minimum Gasteiger partial charge on any atom is -0.428 e. The standard InChI is InChI=1S/C39H51O9S/c1-22-16-28(17-23(2)31(22)43-34(40)46-37(7,8)9)49(29-18-24(3)32(25(4)19-29)44-35(41)47-38(10,11)12)30-20-26(5)33(27(6)21-30)45-36(42)48-39(13,14)15/h16-21H,1-15H3/q+1. The van der Waals surface area contributed by atoms with Crippen LogP contribution in [0.25, 0.3) is 0 Å². The molecular formula is C39H51O9S+. The highest BCUT2D eigenvalue weighted by Gasteiger charge is 2.34. The van der Waals surface area contributed by atoms with Gasteiger partial charge in [0.15, 0.2) is 14.7 Å². The van der Waals surface area contributed by atoms with Gasteiger partial charge < -0.3 is 28.4 Å². The molecule has 0 saturated carbocycles. The molecular weight excluding hydrogens is 644 g/mol. The highest BCUT2D eigenvalue weighted by molar-refractivity contribution is 7.97. The van der Waals surface area contributed by atoms with Crippen molar-refractivity contribution >= 4 is 29.4 Å². The van der Waals surface area contributed by atoms with Crippen LogP contribution in [0.15, 0.2) is 51.1 Å². The molecule has 0 N–H and O–H groups in total. The number of carbonyl (C=O) groups excluding carboxylic acids is 3. The topological polar surface area (TPSA) is 107 Å². The van der Waals surface area contributed by atoms with Crippen LogP contribution in [0.4, 0.5) is 14.4 Å². The molecule has 0 heterocycles. The van der Waals surface area contributed by atoms with E-state index in [-0.39, 0.29) is 0 Å². The summed E-state index contributed by atoms with van der Waals surface area (Å²) in [6.45, 7) is 27.4. The lowest BCUT2D eigenvalue weighted by Gasteiger charge is -2.21. The number of aryl methyl sites for hydroxylation is 6. The second kappa shape index (κ2) is 14.7. The van der Waals surface area contributed by atoms with E-state index >= 15 is 0 Å². The summed E-state index contributed by atoms with van der Waals surface area (Å²) in [5.74, 6) is 1.30. The predicted molar refractivity (Wildman–Crippen MR) is 190 cm³/mol. The van der Waals surface area contributed by atoms with Gasteiger partial charge in [-0.1, -0.05) is 0 Å². The fourth-order valence-electron chi connectivity index (χ4n) is 5.04. The van der Waals surface area contributed by atoms with Crippen LogP contribution >= 0.6 is 0 Å². The fraction of sp³-hybridized carbons (Fsp3) is 0.462. The summed E-state index contributed by atoms with van der Waals surface area (Å²) < 4.78 is 33.2. The smallest absolute Gasteiger partial charge is 0.428 e. The van der Waals surface area contributed by atoms with E-state index in [1.54, 1.807) is 62.3 Å². The minimum atomic E-state index is -0.774. The van der Waals surface area contributed by atoms with Crippen LogP contribution in [-0.2, 0) is 25.1 Å². The van der Waals surface area contributed by atoms with Crippen molar-refractivity contribution in [3.8, 4) is 17.2 Å². The summed E-state index contributed by atoms with van der Waals surface area (Å²) in [4.78, 5) is 40.6. The maximum atomic E-state index is 12.6. The zero-order valence-corrected chi connectivity index (χ0v) is 32.4. The molecule has 10 heteroatoms. The number of benzene rings is 3. The molecule has 3 aromatic carbocycles. The van der Waals surface area contributed by atoms with Crippen LogP contribution < -0.4 is 14.2 Å². The van der Waals surface area contributed by atoms with Gasteiger partial charge >= 0.3 is 18.5 Å². The first-order valence-corrected chi connectivity index (χ1v) is 17.4. The van der Waals surface area contributed by atoms with Crippen molar-refractivity contribution in [2.75, 3.05) is 0 Å². The molecule has 0 radical (unpaired) electrons. The molecule has 0 unspecified atom stereocenters. The minimum absolute atomic E-state index is 0.434. The second-order valence-electron chi connectivity index (χ2n) is 15.2. The summed E-state index contributed by atoms with van der Waals surface area (Å²) >= 11 is 0. The highest BCUT2D eigenvalue weighted by Crippen LogP contribution is 2.40. The van der Waals surface area contributed by atoms with Crippen molar-refractivity contribution in [2.45, 2.75) is 135 Å². The predicted octanol–water partition coefficient (Wildman–Crippen LogP) is 10.6. The summed E-state index contributed by atoms with van der Waals surface area (Å²) in [6, 6.07) is 12.0. The van der Waals surface area contributed by atoms with Gasteiger partial charge in [0.1, 0.15) is 34.1 Å². The Bertz CT molecular complexity index is 1460. The van der Waals surface area contributed by atoms with Crippen molar-refractivity contribution in [2.24, 2.45) is 0 Å². The van der Waals surface area contributed by atoms with Crippen LogP contribution in [0.2, 0.25) is 0 Å². The molecule has 3 aromatic rings. The van der Waals surface area contributed by atoms with Crippen LogP contribution in [0.5, 0.6) is 17.2 Å². The van der Waals surface area contributed by atoms with Crippen molar-refractivity contribution in [3.63, 3.8) is 0 Å². The van der Waals surface area contributed by atoms with Crippen LogP contribution in [-0.4, -0.2) is 35.3 Å². The number of carbonyl (C=O) groups is 3. The Kier molecular flexibility index (Phi) is 11.8. The zero-order valence-electron chi connectivity index (χ0n) is 31.5. The third-order valence-electron chi connectivity index (χ3n) is 6.73. The third-order valence-corrected chi connectivity index (χ3v) is 8.85. The number of hydrogen-bond donors (Lipinski definition) is 0. The lowest BCUT2D eigenvalue weighted by Crippen LogP contribution is -2.26. The maximum Gasteiger partial charge on any atom is 0.514 e. The molecule has 0 aliphatic carbocycles. The van der Waals surface area contributed by atoms with Gasteiger partial charge in [-0.3, -0.25) is 0 Å². The molecule has 3 rings (SSSR count). The Labute approximate surface area is 293 Å². The average molecular weight is 696 g/mol. The number of rotatable bonds is 6. The molecule has 9 nitrogen and oxygen atoms in total. The van der Waals surface area contributed by atoms with Crippen molar-refractivity contribution in [3.05, 3.63) is 69.8 Å². The van der Waals surface area contributed by atoms with Crippen LogP contribution in [0.1, 0.15) is 95.7 Å². The first-order valence-electron chi connectivity index (χ1n) is 16.1. The SMILES string of the molecule is Cc1cc([S+](c2cc(C)c(OC(=O)OC(C)(C)C)c(C)c2)c2cc(C)c(OC(=O)OC(C)(C)C)c(C)c2)cc(C)c1OC(=O)OC(C)(C)C. The van der Waals surface area contributed by atoms with Gasteiger partial charge in [0, 0.05) is 36.4 Å². The molecule has 49 heavy (non-hydrogen) atoms. The Balaban J connectivity index is 2.17. The molecule has 0 aliphatic heterocycles. The molecule has 0 aromatic heterocycles. The van der Waals surface area contributed by atoms with Gasteiger partial charge in [0.25, 0.3) is 0 Å². The van der Waals surface area contributed by atoms with E-state index in [1.165, 1.54) is 0 Å². The summed E-state index contributed by atoms with van der Waals surface area (Å²) in [6.07, 6.45) is -2.32. The van der Waals surface area contributed by atoms with Gasteiger partial charge in [-0.15, -0.1) is 0 Å². The molecule has 0 spiro atoms. The average Bonchev–Trinajstić information content (AvgIpc) is 2.88. The van der Waals surface area contributed by atoms with Crippen LogP contribution in [0, 0.1) is 41.5 Å². The van der Waals surface area contributed by atoms with Crippen molar-refractivity contribution < 1.29 is 42.8 Å². The molecule has 0 saturated heterocycles. The normalized spacial score (nSPS) is 12.0. The van der Waals surface area contributed by atoms with Crippen molar-refractivity contribution in [1.29, 1.82) is 0 Å². The summed E-state index contributed by atoms with van der Waals surface area (Å²) in [5.41, 5.74) is 2.46. The van der Waals surface area contributed by atoms with E-state index in [4.69, 9.17) is 28.4 Å². The van der Waals surface area contributed by atoms with E-state index in [1.807, 2.05) is 77.9 Å². The summed E-state index contributed by atoms with van der Waals surface area (Å²) in [5, 5.41) is 0. The Morgan fingerprint density at radius 2 is 0.592 bits per heavy atom. The van der Waals surface area contributed by atoms with E-state index < -0.39 is 46.2 Å². The van der Waals surface area contributed by atoms with Crippen LogP contribution in [0.3, 0.4) is 0 Å². The largest absolute Gasteiger partial charge is 0.514 e. The Morgan fingerprint density at radius 1 is 0.408 bits per heavy atom. The number of hydrogen-bond acceptors (Lipinski definition) is 9. The molecule has 0 bridgehead atoms. The Morgan fingerprint density at radius 3 is 0.755 bits per heavy atom. The third kappa shape index (κ3) is 11.2. The molecule has 0 amide bonds. The molecule has 0 aliphatic rings. The van der Waals surface area contributed by atoms with Gasteiger partial charge in [-0.05, 0) is 137 Å². The van der Waals surface area contributed by atoms with Gasteiger partial charge in [-0.2, -0.15) is 0 Å². The monoisotopic (exact) mass is 695 g/mol. The highest BCUT2D eigenvalue weighted by atomic mass is 32.2. The molecule has 266 valence electrons. The first-order chi connectivity index (χ1) is 22.3. The number of ether oxygens (including phenoxy) is 6. The first kappa shape index (κ1) is 39.3. The molecule has 0 atom stereocenters. The van der Waals surface area contributed by atoms with E-state index in [9.17, 15) is 14.4 Å². The van der Waals surface area contributed by atoms with E-state index in [2.05, 4.69) is 0 Å². The summed E-state index contributed by atoms with van der Waals surface area (Å²) in [7, 11) is -0.702. The lowest BCUT2D eigenvalue weighted by molar-refractivity contribution is 0.0190. The van der Waals surface area contributed by atoms with Gasteiger partial charge in [-0.25, -0.2) is 14.4 Å². The van der Waals surface area contributed by atoms with E-state index in [0.717, 1.165) is 48.1 Å². The zero-order chi connectivity index (χ0) is 37.2. The second-order valence-corrected chi connectivity index (χ2v) is 17.2. The van der Waals surface area contributed by atoms with Gasteiger partial charge in [0.2, 0.25) is 0 Å². The quantitative estimate of drug-likeness (QED) is 0.108.